The van der Waals surface area contributed by atoms with Crippen molar-refractivity contribution in [3.8, 4) is 5.75 Å². The molecule has 108 valence electrons. The van der Waals surface area contributed by atoms with Crippen LogP contribution in [0.3, 0.4) is 0 Å². The lowest BCUT2D eigenvalue weighted by atomic mass is 10.1. The predicted octanol–water partition coefficient (Wildman–Crippen LogP) is 4.12. The number of nitrogens with one attached hydrogen (secondary N) is 1. The van der Waals surface area contributed by atoms with E-state index in [0.717, 1.165) is 22.6 Å². The van der Waals surface area contributed by atoms with Crippen molar-refractivity contribution in [3.05, 3.63) is 71.8 Å². The molecule has 2 aromatic rings. The summed E-state index contributed by atoms with van der Waals surface area (Å²) in [6, 6.07) is 13.0. The molecule has 3 nitrogen and oxygen atoms in total. The number of amides is 1. The molecule has 0 saturated heterocycles. The predicted molar refractivity (Wildman–Crippen MR) is 86.0 cm³/mol. The van der Waals surface area contributed by atoms with Crippen molar-refractivity contribution in [2.24, 2.45) is 0 Å². The number of ether oxygens (including phenoxy) is 1. The van der Waals surface area contributed by atoms with Crippen LogP contribution in [0.5, 0.6) is 5.75 Å². The number of para-hydroxylation sites is 1. The topological polar surface area (TPSA) is 38.3 Å². The number of anilines is 1. The monoisotopic (exact) mass is 281 g/mol. The molecular weight excluding hydrogens is 262 g/mol. The Labute approximate surface area is 125 Å². The highest BCUT2D eigenvalue weighted by Crippen LogP contribution is 2.21. The van der Waals surface area contributed by atoms with E-state index in [-0.39, 0.29) is 5.91 Å². The fourth-order valence-electron chi connectivity index (χ4n) is 2.06. The van der Waals surface area contributed by atoms with Crippen molar-refractivity contribution in [2.75, 3.05) is 11.9 Å². The summed E-state index contributed by atoms with van der Waals surface area (Å²) in [6.07, 6.45) is 1.68. The maximum absolute atomic E-state index is 12.3. The van der Waals surface area contributed by atoms with Crippen LogP contribution in [0.4, 0.5) is 5.69 Å². The summed E-state index contributed by atoms with van der Waals surface area (Å²) in [5, 5.41) is 2.96. The van der Waals surface area contributed by atoms with Gasteiger partial charge in [0.15, 0.2) is 0 Å². The molecule has 0 bridgehead atoms. The summed E-state index contributed by atoms with van der Waals surface area (Å²) in [5.41, 5.74) is 3.57. The zero-order chi connectivity index (χ0) is 15.2. The first-order valence-electron chi connectivity index (χ1n) is 6.83. The third-order valence-corrected chi connectivity index (χ3v) is 3.20. The molecule has 2 aromatic carbocycles. The Bertz CT molecular complexity index is 625. The van der Waals surface area contributed by atoms with Gasteiger partial charge in [-0.2, -0.15) is 0 Å². The van der Waals surface area contributed by atoms with Crippen LogP contribution < -0.4 is 10.1 Å². The van der Waals surface area contributed by atoms with Gasteiger partial charge >= 0.3 is 0 Å². The van der Waals surface area contributed by atoms with Crippen LogP contribution in [-0.2, 0) is 0 Å². The van der Waals surface area contributed by atoms with E-state index in [1.165, 1.54) is 0 Å². The van der Waals surface area contributed by atoms with Crippen LogP contribution in [0.2, 0.25) is 0 Å². The molecule has 3 heteroatoms. The van der Waals surface area contributed by atoms with Crippen LogP contribution in [0, 0.1) is 13.8 Å². The Hall–Kier alpha value is -2.55. The molecule has 1 N–H and O–H groups in total. The molecule has 0 radical (unpaired) electrons. The molecule has 0 atom stereocenters. The highest BCUT2D eigenvalue weighted by Gasteiger charge is 2.09. The van der Waals surface area contributed by atoms with Crippen LogP contribution in [0.25, 0.3) is 0 Å². The van der Waals surface area contributed by atoms with E-state index < -0.39 is 0 Å². The Balaban J connectivity index is 2.11. The molecule has 0 heterocycles. The Morgan fingerprint density at radius 2 is 1.76 bits per heavy atom. The molecule has 0 aliphatic rings. The maximum Gasteiger partial charge on any atom is 0.255 e. The van der Waals surface area contributed by atoms with Crippen LogP contribution >= 0.6 is 0 Å². The largest absolute Gasteiger partial charge is 0.490 e. The van der Waals surface area contributed by atoms with Crippen molar-refractivity contribution < 1.29 is 9.53 Å². The Morgan fingerprint density at radius 1 is 1.14 bits per heavy atom. The number of rotatable bonds is 5. The summed E-state index contributed by atoms with van der Waals surface area (Å²) in [5.74, 6) is 0.598. The quantitative estimate of drug-likeness (QED) is 0.837. The minimum atomic E-state index is -0.123. The Morgan fingerprint density at radius 3 is 2.33 bits per heavy atom. The number of benzene rings is 2. The van der Waals surface area contributed by atoms with Gasteiger partial charge in [-0.15, -0.1) is 0 Å². The van der Waals surface area contributed by atoms with Crippen LogP contribution in [0.15, 0.2) is 55.1 Å². The fraction of sp³-hybridized carbons (Fsp3) is 0.167. The van der Waals surface area contributed by atoms with Crippen molar-refractivity contribution >= 4 is 11.6 Å². The molecular formula is C18H19NO2. The summed E-state index contributed by atoms with van der Waals surface area (Å²) in [7, 11) is 0. The van der Waals surface area contributed by atoms with Gasteiger partial charge in [0.1, 0.15) is 12.4 Å². The Kier molecular flexibility index (Phi) is 4.77. The zero-order valence-electron chi connectivity index (χ0n) is 12.3. The SMILES string of the molecule is C=CCOc1ccc(C(=O)Nc2c(C)cccc2C)cc1. The second kappa shape index (κ2) is 6.75. The lowest BCUT2D eigenvalue weighted by Gasteiger charge is -2.11. The molecule has 0 fully saturated rings. The van der Waals surface area contributed by atoms with Gasteiger partial charge in [-0.3, -0.25) is 4.79 Å². The molecule has 0 unspecified atom stereocenters. The fourth-order valence-corrected chi connectivity index (χ4v) is 2.06. The van der Waals surface area contributed by atoms with Crippen molar-refractivity contribution in [1.82, 2.24) is 0 Å². The number of carbonyl (C=O) groups is 1. The molecule has 0 spiro atoms. The molecule has 0 aromatic heterocycles. The lowest BCUT2D eigenvalue weighted by molar-refractivity contribution is 0.102. The van der Waals surface area contributed by atoms with Gasteiger partial charge < -0.3 is 10.1 Å². The molecule has 2 rings (SSSR count). The summed E-state index contributed by atoms with van der Waals surface area (Å²) in [6.45, 7) is 8.01. The van der Waals surface area contributed by atoms with E-state index in [9.17, 15) is 4.79 Å². The highest BCUT2D eigenvalue weighted by atomic mass is 16.5. The minimum Gasteiger partial charge on any atom is -0.490 e. The first kappa shape index (κ1) is 14.9. The van der Waals surface area contributed by atoms with Gasteiger partial charge in [0.2, 0.25) is 0 Å². The average molecular weight is 281 g/mol. The van der Waals surface area contributed by atoms with Gasteiger partial charge in [0.05, 0.1) is 0 Å². The summed E-state index contributed by atoms with van der Waals surface area (Å²) >= 11 is 0. The highest BCUT2D eigenvalue weighted by molar-refractivity contribution is 6.05. The van der Waals surface area contributed by atoms with E-state index in [0.29, 0.717) is 12.2 Å². The third-order valence-electron chi connectivity index (χ3n) is 3.20. The van der Waals surface area contributed by atoms with Gasteiger partial charge in [-0.1, -0.05) is 30.9 Å². The van der Waals surface area contributed by atoms with Gasteiger partial charge in [-0.25, -0.2) is 0 Å². The van der Waals surface area contributed by atoms with E-state index in [1.807, 2.05) is 32.0 Å². The minimum absolute atomic E-state index is 0.123. The molecule has 21 heavy (non-hydrogen) atoms. The average Bonchev–Trinajstić information content (AvgIpc) is 2.49. The van der Waals surface area contributed by atoms with E-state index in [1.54, 1.807) is 30.3 Å². The van der Waals surface area contributed by atoms with Crippen LogP contribution in [-0.4, -0.2) is 12.5 Å². The van der Waals surface area contributed by atoms with Gasteiger partial charge in [0.25, 0.3) is 5.91 Å². The number of carbonyl (C=O) groups excluding carboxylic acids is 1. The third kappa shape index (κ3) is 3.72. The molecule has 0 aliphatic heterocycles. The molecule has 0 saturated carbocycles. The van der Waals surface area contributed by atoms with E-state index in [2.05, 4.69) is 11.9 Å². The van der Waals surface area contributed by atoms with Crippen LogP contribution in [0.1, 0.15) is 21.5 Å². The smallest absolute Gasteiger partial charge is 0.255 e. The van der Waals surface area contributed by atoms with Crippen molar-refractivity contribution in [2.45, 2.75) is 13.8 Å². The summed E-state index contributed by atoms with van der Waals surface area (Å²) < 4.78 is 5.40. The van der Waals surface area contributed by atoms with Crippen molar-refractivity contribution in [1.29, 1.82) is 0 Å². The standard InChI is InChI=1S/C18H19NO2/c1-4-12-21-16-10-8-15(9-11-16)18(20)19-17-13(2)6-5-7-14(17)3/h4-11H,1,12H2,2-3H3,(H,19,20). The molecule has 1 amide bonds. The number of hydrogen-bond acceptors (Lipinski definition) is 2. The normalized spacial score (nSPS) is 10.0. The van der Waals surface area contributed by atoms with E-state index >= 15 is 0 Å². The van der Waals surface area contributed by atoms with Gasteiger partial charge in [-0.05, 0) is 49.2 Å². The lowest BCUT2D eigenvalue weighted by Crippen LogP contribution is -2.13. The molecule has 0 aliphatic carbocycles. The van der Waals surface area contributed by atoms with Gasteiger partial charge in [0, 0.05) is 11.3 Å². The first-order valence-corrected chi connectivity index (χ1v) is 6.83. The number of aryl methyl sites for hydroxylation is 2. The second-order valence-electron chi connectivity index (χ2n) is 4.84. The summed E-state index contributed by atoms with van der Waals surface area (Å²) in [4.78, 5) is 12.3. The second-order valence-corrected chi connectivity index (χ2v) is 4.84. The maximum atomic E-state index is 12.3. The van der Waals surface area contributed by atoms with E-state index in [4.69, 9.17) is 4.74 Å². The first-order chi connectivity index (χ1) is 10.1. The number of hydrogen-bond donors (Lipinski definition) is 1. The van der Waals surface area contributed by atoms with Crippen molar-refractivity contribution in [3.63, 3.8) is 0 Å². The zero-order valence-corrected chi connectivity index (χ0v) is 12.3.